The Labute approximate surface area is 106 Å². The number of H-pyrrole nitrogens is 1. The highest BCUT2D eigenvalue weighted by Crippen LogP contribution is 2.21. The molecule has 88 valence electrons. The van der Waals surface area contributed by atoms with Gasteiger partial charge in [-0.3, -0.25) is 9.78 Å². The maximum Gasteiger partial charge on any atom is 0.269 e. The third-order valence-electron chi connectivity index (χ3n) is 2.34. The minimum absolute atomic E-state index is 0.0234. The van der Waals surface area contributed by atoms with Gasteiger partial charge in [0.15, 0.2) is 5.82 Å². The molecule has 0 saturated heterocycles. The summed E-state index contributed by atoms with van der Waals surface area (Å²) in [5, 5.41) is 9.50. The predicted molar refractivity (Wildman–Crippen MR) is 66.8 cm³/mol. The number of aryl methyl sites for hydroxylation is 1. The van der Waals surface area contributed by atoms with E-state index in [9.17, 15) is 9.90 Å². The predicted octanol–water partition coefficient (Wildman–Crippen LogP) is 1.86. The van der Waals surface area contributed by atoms with Gasteiger partial charge in [-0.15, -0.1) is 0 Å². The lowest BCUT2D eigenvalue weighted by Gasteiger charge is -2.06. The van der Waals surface area contributed by atoms with Crippen molar-refractivity contribution in [3.63, 3.8) is 0 Å². The summed E-state index contributed by atoms with van der Waals surface area (Å²) in [6.45, 7) is 1.98. The molecule has 0 unspecified atom stereocenters. The zero-order valence-electron chi connectivity index (χ0n) is 9.07. The monoisotopic (exact) mass is 295 g/mol. The van der Waals surface area contributed by atoms with Crippen molar-refractivity contribution in [2.45, 2.75) is 13.3 Å². The standard InChI is InChI=1S/C11H10BrN3O2/c1-2-6-4-3-5-13-8(6)9-14-10(16)7(12)11(17)15-9/h3-5H,2H2,1H3,(H2,14,15,16,17). The lowest BCUT2D eigenvalue weighted by atomic mass is 10.1. The van der Waals surface area contributed by atoms with Crippen LogP contribution in [-0.2, 0) is 6.42 Å². The van der Waals surface area contributed by atoms with Gasteiger partial charge >= 0.3 is 0 Å². The second kappa shape index (κ2) is 4.67. The fraction of sp³-hybridized carbons (Fsp3) is 0.182. The van der Waals surface area contributed by atoms with Gasteiger partial charge in [0, 0.05) is 6.20 Å². The van der Waals surface area contributed by atoms with Gasteiger partial charge in [-0.05, 0) is 34.0 Å². The summed E-state index contributed by atoms with van der Waals surface area (Å²) >= 11 is 2.94. The van der Waals surface area contributed by atoms with Crippen molar-refractivity contribution < 1.29 is 5.11 Å². The van der Waals surface area contributed by atoms with Gasteiger partial charge in [0.1, 0.15) is 10.2 Å². The number of pyridine rings is 1. The first kappa shape index (κ1) is 11.8. The molecule has 2 heterocycles. The first-order valence-corrected chi connectivity index (χ1v) is 5.85. The molecule has 0 spiro atoms. The van der Waals surface area contributed by atoms with Crippen molar-refractivity contribution in [3.8, 4) is 17.4 Å². The number of rotatable bonds is 2. The van der Waals surface area contributed by atoms with Crippen molar-refractivity contribution in [1.29, 1.82) is 0 Å². The van der Waals surface area contributed by atoms with E-state index in [2.05, 4.69) is 30.9 Å². The molecule has 2 aromatic rings. The van der Waals surface area contributed by atoms with Crippen molar-refractivity contribution in [1.82, 2.24) is 15.0 Å². The number of nitrogens with zero attached hydrogens (tertiary/aromatic N) is 2. The van der Waals surface area contributed by atoms with E-state index in [0.717, 1.165) is 12.0 Å². The quantitative estimate of drug-likeness (QED) is 0.886. The maximum atomic E-state index is 11.5. The van der Waals surface area contributed by atoms with Crippen LogP contribution in [-0.4, -0.2) is 20.1 Å². The Morgan fingerprint density at radius 2 is 2.29 bits per heavy atom. The maximum absolute atomic E-state index is 11.5. The highest BCUT2D eigenvalue weighted by molar-refractivity contribution is 9.10. The van der Waals surface area contributed by atoms with E-state index in [1.807, 2.05) is 19.1 Å². The molecular weight excluding hydrogens is 286 g/mol. The normalized spacial score (nSPS) is 10.5. The fourth-order valence-corrected chi connectivity index (χ4v) is 1.68. The van der Waals surface area contributed by atoms with E-state index in [4.69, 9.17) is 0 Å². The zero-order chi connectivity index (χ0) is 12.4. The van der Waals surface area contributed by atoms with Crippen LogP contribution >= 0.6 is 15.9 Å². The topological polar surface area (TPSA) is 78.9 Å². The van der Waals surface area contributed by atoms with Crippen LogP contribution in [0.1, 0.15) is 12.5 Å². The Morgan fingerprint density at radius 3 is 2.94 bits per heavy atom. The molecule has 0 aliphatic carbocycles. The van der Waals surface area contributed by atoms with Crippen LogP contribution in [0.3, 0.4) is 0 Å². The first-order chi connectivity index (χ1) is 8.13. The average molecular weight is 296 g/mol. The van der Waals surface area contributed by atoms with Crippen LogP contribution in [0.2, 0.25) is 0 Å². The molecule has 2 N–H and O–H groups in total. The van der Waals surface area contributed by atoms with Gasteiger partial charge in [-0.25, -0.2) is 0 Å². The van der Waals surface area contributed by atoms with Gasteiger partial charge in [0.2, 0.25) is 5.88 Å². The molecule has 0 atom stereocenters. The van der Waals surface area contributed by atoms with Gasteiger partial charge in [0.05, 0.1) is 0 Å². The lowest BCUT2D eigenvalue weighted by molar-refractivity contribution is 0.448. The summed E-state index contributed by atoms with van der Waals surface area (Å²) in [6, 6.07) is 3.72. The Morgan fingerprint density at radius 1 is 1.53 bits per heavy atom. The summed E-state index contributed by atoms with van der Waals surface area (Å²) in [5.74, 6) is -0.0652. The van der Waals surface area contributed by atoms with E-state index in [-0.39, 0.29) is 16.2 Å². The second-order valence-electron chi connectivity index (χ2n) is 3.42. The number of halogens is 1. The van der Waals surface area contributed by atoms with Crippen LogP contribution in [0.15, 0.2) is 27.6 Å². The largest absolute Gasteiger partial charge is 0.492 e. The first-order valence-electron chi connectivity index (χ1n) is 5.06. The van der Waals surface area contributed by atoms with E-state index >= 15 is 0 Å². The Hall–Kier alpha value is -1.69. The number of aromatic hydroxyl groups is 1. The summed E-state index contributed by atoms with van der Waals surface area (Å²) in [7, 11) is 0. The minimum Gasteiger partial charge on any atom is -0.492 e. The summed E-state index contributed by atoms with van der Waals surface area (Å²) in [4.78, 5) is 22.2. The Bertz CT molecular complexity index is 610. The third-order valence-corrected chi connectivity index (χ3v) is 3.06. The summed E-state index contributed by atoms with van der Waals surface area (Å²) in [5.41, 5.74) is 1.10. The van der Waals surface area contributed by atoms with Gasteiger partial charge in [-0.1, -0.05) is 13.0 Å². The van der Waals surface area contributed by atoms with E-state index in [0.29, 0.717) is 5.69 Å². The number of aromatic amines is 1. The minimum atomic E-state index is -0.430. The molecule has 0 aromatic carbocycles. The molecule has 6 heteroatoms. The lowest BCUT2D eigenvalue weighted by Crippen LogP contribution is -2.11. The molecule has 0 fully saturated rings. The molecular formula is C11H10BrN3O2. The van der Waals surface area contributed by atoms with Crippen LogP contribution in [0.5, 0.6) is 5.88 Å². The van der Waals surface area contributed by atoms with Crippen molar-refractivity contribution in [2.24, 2.45) is 0 Å². The van der Waals surface area contributed by atoms with Crippen molar-refractivity contribution >= 4 is 15.9 Å². The SMILES string of the molecule is CCc1cccnc1-c1nc(O)c(Br)c(=O)[nH]1. The number of hydrogen-bond donors (Lipinski definition) is 2. The van der Waals surface area contributed by atoms with Crippen molar-refractivity contribution in [2.75, 3.05) is 0 Å². The molecule has 0 amide bonds. The molecule has 17 heavy (non-hydrogen) atoms. The van der Waals surface area contributed by atoms with Crippen LogP contribution in [0.4, 0.5) is 0 Å². The Kier molecular flexibility index (Phi) is 3.23. The van der Waals surface area contributed by atoms with Gasteiger partial charge < -0.3 is 10.1 Å². The average Bonchev–Trinajstić information content (AvgIpc) is 2.35. The summed E-state index contributed by atoms with van der Waals surface area (Å²) < 4.78 is 0.0234. The van der Waals surface area contributed by atoms with Crippen LogP contribution in [0, 0.1) is 0 Å². The fourth-order valence-electron chi connectivity index (χ4n) is 1.50. The molecule has 5 nitrogen and oxygen atoms in total. The third kappa shape index (κ3) is 2.21. The van der Waals surface area contributed by atoms with Crippen LogP contribution in [0.25, 0.3) is 11.5 Å². The highest BCUT2D eigenvalue weighted by atomic mass is 79.9. The van der Waals surface area contributed by atoms with Gasteiger partial charge in [-0.2, -0.15) is 4.98 Å². The van der Waals surface area contributed by atoms with Crippen molar-refractivity contribution in [3.05, 3.63) is 38.7 Å². The Balaban J connectivity index is 2.65. The van der Waals surface area contributed by atoms with E-state index < -0.39 is 5.56 Å². The van der Waals surface area contributed by atoms with Crippen LogP contribution < -0.4 is 5.56 Å². The number of hydrogen-bond acceptors (Lipinski definition) is 4. The smallest absolute Gasteiger partial charge is 0.269 e. The molecule has 0 bridgehead atoms. The molecule has 2 aromatic heterocycles. The molecule has 0 saturated carbocycles. The highest BCUT2D eigenvalue weighted by Gasteiger charge is 2.12. The number of nitrogens with one attached hydrogen (secondary N) is 1. The molecule has 0 radical (unpaired) electrons. The van der Waals surface area contributed by atoms with E-state index in [1.54, 1.807) is 6.20 Å². The van der Waals surface area contributed by atoms with E-state index in [1.165, 1.54) is 0 Å². The summed E-state index contributed by atoms with van der Waals surface area (Å²) in [6.07, 6.45) is 2.39. The molecule has 0 aliphatic rings. The van der Waals surface area contributed by atoms with Gasteiger partial charge in [0.25, 0.3) is 5.56 Å². The molecule has 2 rings (SSSR count). The zero-order valence-corrected chi connectivity index (χ0v) is 10.7. The number of aromatic nitrogens is 3. The molecule has 0 aliphatic heterocycles. The second-order valence-corrected chi connectivity index (χ2v) is 4.21.